The summed E-state index contributed by atoms with van der Waals surface area (Å²) >= 11 is 0. The molecule has 1 amide bonds. The van der Waals surface area contributed by atoms with E-state index in [2.05, 4.69) is 30.1 Å². The predicted octanol–water partition coefficient (Wildman–Crippen LogP) is 4.45. The highest BCUT2D eigenvalue weighted by Crippen LogP contribution is 2.36. The predicted molar refractivity (Wildman–Crippen MR) is 138 cm³/mol. The molecule has 0 spiro atoms. The molecule has 7 nitrogen and oxygen atoms in total. The van der Waals surface area contributed by atoms with Gasteiger partial charge in [-0.05, 0) is 86.1 Å². The molecular weight excluding hydrogens is 456 g/mol. The second-order valence-electron chi connectivity index (χ2n) is 10.2. The van der Waals surface area contributed by atoms with E-state index in [1.165, 1.54) is 16.7 Å². The number of nitrogens with zero attached hydrogens (tertiary/aromatic N) is 1. The summed E-state index contributed by atoms with van der Waals surface area (Å²) in [6, 6.07) is 11.7. The van der Waals surface area contributed by atoms with E-state index in [4.69, 9.17) is 13.9 Å². The van der Waals surface area contributed by atoms with Crippen molar-refractivity contribution in [2.75, 3.05) is 33.4 Å². The summed E-state index contributed by atoms with van der Waals surface area (Å²) in [6.45, 7) is 7.96. The number of hydrogen-bond acceptors (Lipinski definition) is 6. The van der Waals surface area contributed by atoms with Crippen molar-refractivity contribution in [3.63, 3.8) is 0 Å². The number of nitrogens with one attached hydrogen (secondary N) is 1. The number of fused-ring (bicyclic) bond motifs is 1. The van der Waals surface area contributed by atoms with Crippen molar-refractivity contribution in [2.24, 2.45) is 0 Å². The van der Waals surface area contributed by atoms with Crippen molar-refractivity contribution in [3.8, 4) is 5.75 Å². The van der Waals surface area contributed by atoms with E-state index in [0.29, 0.717) is 25.0 Å². The number of hydrogen-bond donors (Lipinski definition) is 2. The lowest BCUT2D eigenvalue weighted by atomic mass is 9.84. The van der Waals surface area contributed by atoms with E-state index >= 15 is 0 Å². The van der Waals surface area contributed by atoms with Crippen molar-refractivity contribution in [1.82, 2.24) is 10.2 Å². The molecule has 2 aliphatic rings. The van der Waals surface area contributed by atoms with E-state index in [-0.39, 0.29) is 17.8 Å². The van der Waals surface area contributed by atoms with Crippen LogP contribution in [0.1, 0.15) is 58.5 Å². The molecule has 192 valence electrons. The topological polar surface area (TPSA) is 84.2 Å². The van der Waals surface area contributed by atoms with Gasteiger partial charge in [-0.3, -0.25) is 9.69 Å². The number of amides is 1. The third kappa shape index (κ3) is 5.01. The maximum Gasteiger partial charge on any atom is 0.287 e. The summed E-state index contributed by atoms with van der Waals surface area (Å²) in [7, 11) is 1.70. The zero-order chi connectivity index (χ0) is 25.3. The molecule has 0 saturated carbocycles. The molecule has 3 aromatic rings. The third-order valence-electron chi connectivity index (χ3n) is 7.94. The number of likely N-dealkylation sites (tertiary alicyclic amines) is 1. The lowest BCUT2D eigenvalue weighted by Gasteiger charge is -2.39. The van der Waals surface area contributed by atoms with Gasteiger partial charge in [0.2, 0.25) is 0 Å². The van der Waals surface area contributed by atoms with Gasteiger partial charge in [-0.15, -0.1) is 0 Å². The number of furan rings is 1. The maximum atomic E-state index is 12.6. The third-order valence-corrected chi connectivity index (χ3v) is 7.94. The lowest BCUT2D eigenvalue weighted by Crippen LogP contribution is -2.42. The number of methoxy groups -OCH3 is 1. The van der Waals surface area contributed by atoms with Crippen LogP contribution in [0.4, 0.5) is 0 Å². The molecule has 1 aromatic heterocycles. The van der Waals surface area contributed by atoms with E-state index in [9.17, 15) is 9.90 Å². The van der Waals surface area contributed by atoms with Gasteiger partial charge in [0.15, 0.2) is 5.76 Å². The average Bonchev–Trinajstić information content (AvgIpc) is 3.56. The van der Waals surface area contributed by atoms with Gasteiger partial charge in [0, 0.05) is 38.2 Å². The molecule has 7 heteroatoms. The van der Waals surface area contributed by atoms with Crippen LogP contribution >= 0.6 is 0 Å². The van der Waals surface area contributed by atoms with E-state index in [1.807, 2.05) is 24.3 Å². The minimum absolute atomic E-state index is 0.0858. The Bertz CT molecular complexity index is 1240. The standard InChI is InChI=1S/C29H36N2O5/c1-19-20(2)25(34-3)8-6-21(19)18-31-12-10-29(33,11-13-31)23-7-9-26-22(15-23)16-27(36-26)28(32)30-17-24-5-4-14-35-24/h6-9,15-16,24,33H,4-5,10-14,17-18H2,1-3H3,(H,30,32)/t24-/m1/s1. The smallest absolute Gasteiger partial charge is 0.287 e. The molecule has 0 aliphatic carbocycles. The Hall–Kier alpha value is -2.87. The molecule has 0 bridgehead atoms. The summed E-state index contributed by atoms with van der Waals surface area (Å²) in [4.78, 5) is 15.0. The second-order valence-corrected chi connectivity index (χ2v) is 10.2. The molecule has 2 aliphatic heterocycles. The zero-order valence-electron chi connectivity index (χ0n) is 21.4. The second kappa shape index (κ2) is 10.2. The van der Waals surface area contributed by atoms with Gasteiger partial charge in [0.1, 0.15) is 11.3 Å². The monoisotopic (exact) mass is 492 g/mol. The number of ether oxygens (including phenoxy) is 2. The molecule has 0 unspecified atom stereocenters. The molecule has 2 N–H and O–H groups in total. The Balaban J connectivity index is 1.23. The average molecular weight is 493 g/mol. The van der Waals surface area contributed by atoms with Gasteiger partial charge in [-0.2, -0.15) is 0 Å². The van der Waals surface area contributed by atoms with Crippen LogP contribution in [-0.4, -0.2) is 55.4 Å². The van der Waals surface area contributed by atoms with Crippen LogP contribution in [0, 0.1) is 13.8 Å². The maximum absolute atomic E-state index is 12.6. The molecule has 2 aromatic carbocycles. The molecule has 1 atom stereocenters. The van der Waals surface area contributed by atoms with Crippen LogP contribution in [0.5, 0.6) is 5.75 Å². The summed E-state index contributed by atoms with van der Waals surface area (Å²) in [5.74, 6) is 0.966. The number of piperidine rings is 1. The number of carbonyl (C=O) groups is 1. The van der Waals surface area contributed by atoms with E-state index in [0.717, 1.165) is 55.8 Å². The molecule has 0 radical (unpaired) electrons. The summed E-state index contributed by atoms with van der Waals surface area (Å²) < 4.78 is 16.8. The van der Waals surface area contributed by atoms with Crippen molar-refractivity contribution >= 4 is 16.9 Å². The zero-order valence-corrected chi connectivity index (χ0v) is 21.4. The van der Waals surface area contributed by atoms with E-state index in [1.54, 1.807) is 13.2 Å². The van der Waals surface area contributed by atoms with Crippen molar-refractivity contribution in [2.45, 2.75) is 57.8 Å². The Kier molecular flexibility index (Phi) is 7.06. The van der Waals surface area contributed by atoms with Crippen LogP contribution in [0.15, 0.2) is 40.8 Å². The van der Waals surface area contributed by atoms with Gasteiger partial charge in [0.05, 0.1) is 18.8 Å². The van der Waals surface area contributed by atoms with Gasteiger partial charge in [-0.1, -0.05) is 12.1 Å². The molecule has 5 rings (SSSR count). The van der Waals surface area contributed by atoms with Crippen LogP contribution in [0.2, 0.25) is 0 Å². The highest BCUT2D eigenvalue weighted by atomic mass is 16.5. The normalized spacial score (nSPS) is 20.1. The first-order valence-corrected chi connectivity index (χ1v) is 12.9. The van der Waals surface area contributed by atoms with Crippen LogP contribution in [0.3, 0.4) is 0 Å². The first kappa shape index (κ1) is 24.8. The number of carbonyl (C=O) groups excluding carboxylic acids is 1. The SMILES string of the molecule is COc1ccc(CN2CCC(O)(c3ccc4oc(C(=O)NC[C@H]5CCCO5)cc4c3)CC2)c(C)c1C. The fraction of sp³-hybridized carbons (Fsp3) is 0.483. The van der Waals surface area contributed by atoms with Crippen molar-refractivity contribution in [3.05, 3.63) is 64.4 Å². The van der Waals surface area contributed by atoms with Crippen LogP contribution in [-0.2, 0) is 16.9 Å². The van der Waals surface area contributed by atoms with Crippen molar-refractivity contribution < 1.29 is 23.8 Å². The largest absolute Gasteiger partial charge is 0.496 e. The number of rotatable bonds is 7. The summed E-state index contributed by atoms with van der Waals surface area (Å²) in [5, 5.41) is 15.2. The Morgan fingerprint density at radius 3 is 2.69 bits per heavy atom. The lowest BCUT2D eigenvalue weighted by molar-refractivity contribution is -0.0276. The molecular formula is C29H36N2O5. The highest BCUT2D eigenvalue weighted by molar-refractivity contribution is 5.96. The van der Waals surface area contributed by atoms with E-state index < -0.39 is 5.60 Å². The number of benzene rings is 2. The molecule has 2 fully saturated rings. The Morgan fingerprint density at radius 2 is 1.97 bits per heavy atom. The van der Waals surface area contributed by atoms with Crippen LogP contribution < -0.4 is 10.1 Å². The summed E-state index contributed by atoms with van der Waals surface area (Å²) in [5.41, 5.74) is 4.36. The molecule has 36 heavy (non-hydrogen) atoms. The fourth-order valence-corrected chi connectivity index (χ4v) is 5.40. The van der Waals surface area contributed by atoms with Gasteiger partial charge < -0.3 is 24.3 Å². The minimum atomic E-state index is -0.894. The highest BCUT2D eigenvalue weighted by Gasteiger charge is 2.34. The van der Waals surface area contributed by atoms with Crippen LogP contribution in [0.25, 0.3) is 11.0 Å². The van der Waals surface area contributed by atoms with Gasteiger partial charge >= 0.3 is 0 Å². The van der Waals surface area contributed by atoms with Gasteiger partial charge in [-0.25, -0.2) is 0 Å². The summed E-state index contributed by atoms with van der Waals surface area (Å²) in [6.07, 6.45) is 3.40. The first-order chi connectivity index (χ1) is 17.4. The Labute approximate surface area is 212 Å². The van der Waals surface area contributed by atoms with Crippen molar-refractivity contribution in [1.29, 1.82) is 0 Å². The number of aliphatic hydroxyl groups is 1. The Morgan fingerprint density at radius 1 is 1.17 bits per heavy atom. The fourth-order valence-electron chi connectivity index (χ4n) is 5.40. The first-order valence-electron chi connectivity index (χ1n) is 12.9. The van der Waals surface area contributed by atoms with Gasteiger partial charge in [0.25, 0.3) is 5.91 Å². The molecule has 2 saturated heterocycles. The quantitative estimate of drug-likeness (QED) is 0.507. The minimum Gasteiger partial charge on any atom is -0.496 e. The molecule has 3 heterocycles.